The number of aromatic nitrogens is 4. The van der Waals surface area contributed by atoms with Gasteiger partial charge in [0.25, 0.3) is 0 Å². The Kier molecular flexibility index (Phi) is 4.26. The Morgan fingerprint density at radius 2 is 2.17 bits per heavy atom. The molecule has 0 amide bonds. The van der Waals surface area contributed by atoms with Gasteiger partial charge in [-0.2, -0.15) is 5.10 Å². The van der Waals surface area contributed by atoms with Crippen LogP contribution in [0.15, 0.2) is 28.2 Å². The fourth-order valence-corrected chi connectivity index (χ4v) is 3.99. The van der Waals surface area contributed by atoms with E-state index in [-0.39, 0.29) is 0 Å². The number of benzene rings is 1. The van der Waals surface area contributed by atoms with Crippen LogP contribution < -0.4 is 0 Å². The normalized spacial score (nSPS) is 14.3. The van der Waals surface area contributed by atoms with Gasteiger partial charge < -0.3 is 0 Å². The van der Waals surface area contributed by atoms with E-state index in [1.165, 1.54) is 18.4 Å². The van der Waals surface area contributed by atoms with E-state index >= 15 is 0 Å². The lowest BCUT2D eigenvalue weighted by Gasteiger charge is -2.07. The first-order valence-electron chi connectivity index (χ1n) is 8.31. The molecule has 6 heteroatoms. The summed E-state index contributed by atoms with van der Waals surface area (Å²) in [7, 11) is 0. The molecule has 0 bridgehead atoms. The van der Waals surface area contributed by atoms with Gasteiger partial charge in [0.2, 0.25) is 0 Å². The van der Waals surface area contributed by atoms with Gasteiger partial charge in [0.05, 0.1) is 21.8 Å². The number of aryl methyl sites for hydroxylation is 2. The van der Waals surface area contributed by atoms with E-state index in [0.717, 1.165) is 51.1 Å². The predicted molar refractivity (Wildman–Crippen MR) is 101 cm³/mol. The Morgan fingerprint density at radius 3 is 2.88 bits per heavy atom. The fraction of sp³-hybridized carbons (Fsp3) is 0.389. The number of hydrogen-bond acceptors (Lipinski definition) is 4. The third-order valence-corrected chi connectivity index (χ3v) is 6.12. The van der Waals surface area contributed by atoms with Crippen molar-refractivity contribution < 1.29 is 0 Å². The van der Waals surface area contributed by atoms with Crippen molar-refractivity contribution in [3.8, 4) is 16.4 Å². The van der Waals surface area contributed by atoms with Crippen molar-refractivity contribution in [3.63, 3.8) is 0 Å². The van der Waals surface area contributed by atoms with Crippen LogP contribution in [0, 0.1) is 12.8 Å². The number of nitrogens with zero attached hydrogens (tertiary/aromatic N) is 4. The first kappa shape index (κ1) is 16.0. The van der Waals surface area contributed by atoms with Crippen LogP contribution in [0.5, 0.6) is 0 Å². The summed E-state index contributed by atoms with van der Waals surface area (Å²) in [5, 5.41) is 4.83. The molecule has 24 heavy (non-hydrogen) atoms. The molecule has 2 heterocycles. The van der Waals surface area contributed by atoms with E-state index in [2.05, 4.69) is 53.0 Å². The summed E-state index contributed by atoms with van der Waals surface area (Å²) in [5.41, 5.74) is 5.25. The van der Waals surface area contributed by atoms with E-state index in [4.69, 9.17) is 10.1 Å². The molecule has 0 saturated heterocycles. The molecule has 0 aliphatic heterocycles. The van der Waals surface area contributed by atoms with Gasteiger partial charge in [0.1, 0.15) is 0 Å². The van der Waals surface area contributed by atoms with E-state index in [1.54, 1.807) is 11.3 Å². The average molecular weight is 403 g/mol. The van der Waals surface area contributed by atoms with E-state index in [1.807, 2.05) is 10.2 Å². The highest BCUT2D eigenvalue weighted by Crippen LogP contribution is 2.34. The van der Waals surface area contributed by atoms with Crippen LogP contribution in [0.4, 0.5) is 0 Å². The SMILES string of the molecule is CCc1ncsc1-c1nc(CC2CC2)nn1-c1ccc(C)c(Br)c1. The standard InChI is InChI=1S/C18H19BrN4S/c1-3-15-17(24-10-20-15)18-21-16(8-12-5-6-12)22-23(18)13-7-4-11(2)14(19)9-13/h4,7,9-10,12H,3,5-6,8H2,1-2H3. The summed E-state index contributed by atoms with van der Waals surface area (Å²) < 4.78 is 3.07. The summed E-state index contributed by atoms with van der Waals surface area (Å²) in [4.78, 5) is 10.5. The molecule has 1 saturated carbocycles. The van der Waals surface area contributed by atoms with Crippen LogP contribution in [0.3, 0.4) is 0 Å². The molecule has 2 aromatic heterocycles. The zero-order valence-electron chi connectivity index (χ0n) is 13.8. The monoisotopic (exact) mass is 402 g/mol. The molecule has 1 aliphatic carbocycles. The molecular weight excluding hydrogens is 384 g/mol. The van der Waals surface area contributed by atoms with Crippen molar-refractivity contribution >= 4 is 27.3 Å². The maximum Gasteiger partial charge on any atom is 0.175 e. The van der Waals surface area contributed by atoms with Gasteiger partial charge in [0, 0.05) is 10.9 Å². The average Bonchev–Trinajstić information content (AvgIpc) is 3.10. The number of rotatable bonds is 5. The zero-order chi connectivity index (χ0) is 16.7. The van der Waals surface area contributed by atoms with Crippen molar-refractivity contribution in [2.45, 2.75) is 39.5 Å². The molecule has 0 unspecified atom stereocenters. The van der Waals surface area contributed by atoms with Gasteiger partial charge in [-0.15, -0.1) is 11.3 Å². The molecule has 3 aromatic rings. The van der Waals surface area contributed by atoms with Gasteiger partial charge in [0.15, 0.2) is 11.6 Å². The highest BCUT2D eigenvalue weighted by atomic mass is 79.9. The minimum Gasteiger partial charge on any atom is -0.249 e. The van der Waals surface area contributed by atoms with Gasteiger partial charge in [-0.1, -0.05) is 28.9 Å². The van der Waals surface area contributed by atoms with Gasteiger partial charge in [-0.05, 0) is 49.8 Å². The lowest BCUT2D eigenvalue weighted by atomic mass is 10.2. The van der Waals surface area contributed by atoms with Crippen LogP contribution in [0.25, 0.3) is 16.4 Å². The lowest BCUT2D eigenvalue weighted by Crippen LogP contribution is -2.01. The molecule has 1 aliphatic rings. The molecule has 0 radical (unpaired) electrons. The van der Waals surface area contributed by atoms with Crippen molar-refractivity contribution in [2.75, 3.05) is 0 Å². The highest BCUT2D eigenvalue weighted by Gasteiger charge is 2.25. The Labute approximate surface area is 154 Å². The van der Waals surface area contributed by atoms with Crippen LogP contribution in [-0.4, -0.2) is 19.7 Å². The molecule has 0 atom stereocenters. The van der Waals surface area contributed by atoms with Gasteiger partial charge >= 0.3 is 0 Å². The highest BCUT2D eigenvalue weighted by molar-refractivity contribution is 9.10. The molecule has 1 fully saturated rings. The summed E-state index contributed by atoms with van der Waals surface area (Å²) in [5.74, 6) is 2.63. The third kappa shape index (κ3) is 3.05. The fourth-order valence-electron chi connectivity index (χ4n) is 2.76. The Balaban J connectivity index is 1.83. The second-order valence-electron chi connectivity index (χ2n) is 6.33. The van der Waals surface area contributed by atoms with Gasteiger partial charge in [-0.25, -0.2) is 14.6 Å². The van der Waals surface area contributed by atoms with Crippen molar-refractivity contribution in [2.24, 2.45) is 5.92 Å². The summed E-state index contributed by atoms with van der Waals surface area (Å²) in [6.07, 6.45) is 4.50. The number of thiazole rings is 1. The lowest BCUT2D eigenvalue weighted by molar-refractivity contribution is 0.754. The second-order valence-corrected chi connectivity index (χ2v) is 8.04. The van der Waals surface area contributed by atoms with Crippen LogP contribution >= 0.6 is 27.3 Å². The Hall–Kier alpha value is -1.53. The number of hydrogen-bond donors (Lipinski definition) is 0. The van der Waals surface area contributed by atoms with E-state index in [9.17, 15) is 0 Å². The minimum absolute atomic E-state index is 0.769. The number of halogens is 1. The summed E-state index contributed by atoms with van der Waals surface area (Å²) >= 11 is 5.28. The second kappa shape index (κ2) is 6.41. The third-order valence-electron chi connectivity index (χ3n) is 4.40. The van der Waals surface area contributed by atoms with Crippen molar-refractivity contribution in [1.82, 2.24) is 19.7 Å². The maximum atomic E-state index is 4.88. The predicted octanol–water partition coefficient (Wildman–Crippen LogP) is 4.98. The van der Waals surface area contributed by atoms with Crippen LogP contribution in [0.1, 0.15) is 36.8 Å². The topological polar surface area (TPSA) is 43.6 Å². The largest absolute Gasteiger partial charge is 0.249 e. The molecule has 124 valence electrons. The van der Waals surface area contributed by atoms with Crippen molar-refractivity contribution in [1.29, 1.82) is 0 Å². The Morgan fingerprint density at radius 1 is 1.33 bits per heavy atom. The molecule has 0 spiro atoms. The molecular formula is C18H19BrN4S. The van der Waals surface area contributed by atoms with E-state index in [0.29, 0.717) is 0 Å². The smallest absolute Gasteiger partial charge is 0.175 e. The molecule has 4 nitrogen and oxygen atoms in total. The van der Waals surface area contributed by atoms with Gasteiger partial charge in [-0.3, -0.25) is 0 Å². The van der Waals surface area contributed by atoms with E-state index < -0.39 is 0 Å². The maximum absolute atomic E-state index is 4.88. The van der Waals surface area contributed by atoms with Crippen LogP contribution in [0.2, 0.25) is 0 Å². The molecule has 4 rings (SSSR count). The zero-order valence-corrected chi connectivity index (χ0v) is 16.2. The first-order valence-corrected chi connectivity index (χ1v) is 9.98. The Bertz CT molecular complexity index is 879. The first-order chi connectivity index (χ1) is 11.7. The molecule has 0 N–H and O–H groups in total. The van der Waals surface area contributed by atoms with Crippen molar-refractivity contribution in [3.05, 3.63) is 45.3 Å². The minimum atomic E-state index is 0.769. The summed E-state index contributed by atoms with van der Waals surface area (Å²) in [6, 6.07) is 6.33. The molecule has 1 aromatic carbocycles. The van der Waals surface area contributed by atoms with Crippen LogP contribution in [-0.2, 0) is 12.8 Å². The quantitative estimate of drug-likeness (QED) is 0.604. The summed E-state index contributed by atoms with van der Waals surface area (Å²) in [6.45, 7) is 4.22.